The highest BCUT2D eigenvalue weighted by atomic mass is 32.1. The van der Waals surface area contributed by atoms with Crippen LogP contribution in [-0.4, -0.2) is 11.5 Å². The lowest BCUT2D eigenvalue weighted by molar-refractivity contribution is 0.741. The standard InChI is InChI=1S/C15H16N2S2/c1-10-3-2-4-12(15(16)18)14(10)17-7-5-13-11(9-17)6-8-19-13/h2-4,6,8H,5,7,9H2,1H3,(H2,16,18). The zero-order valence-corrected chi connectivity index (χ0v) is 12.5. The number of rotatable bonds is 2. The van der Waals surface area contributed by atoms with Crippen LogP contribution in [-0.2, 0) is 13.0 Å². The van der Waals surface area contributed by atoms with Gasteiger partial charge in [0, 0.05) is 23.5 Å². The summed E-state index contributed by atoms with van der Waals surface area (Å²) in [6.07, 6.45) is 1.11. The quantitative estimate of drug-likeness (QED) is 0.860. The molecular weight excluding hydrogens is 272 g/mol. The van der Waals surface area contributed by atoms with E-state index in [1.807, 2.05) is 23.5 Å². The summed E-state index contributed by atoms with van der Waals surface area (Å²) >= 11 is 7.05. The fourth-order valence-corrected chi connectivity index (χ4v) is 3.77. The van der Waals surface area contributed by atoms with Crippen molar-refractivity contribution in [3.63, 3.8) is 0 Å². The Morgan fingerprint density at radius 3 is 3.00 bits per heavy atom. The summed E-state index contributed by atoms with van der Waals surface area (Å²) in [5.41, 5.74) is 10.7. The number of thiocarbonyl (C=S) groups is 1. The Morgan fingerprint density at radius 2 is 2.21 bits per heavy atom. The van der Waals surface area contributed by atoms with E-state index < -0.39 is 0 Å². The maximum atomic E-state index is 5.87. The zero-order valence-electron chi connectivity index (χ0n) is 10.8. The minimum Gasteiger partial charge on any atom is -0.389 e. The molecule has 2 heterocycles. The fraction of sp³-hybridized carbons (Fsp3) is 0.267. The third-order valence-corrected chi connectivity index (χ3v) is 4.87. The van der Waals surface area contributed by atoms with E-state index >= 15 is 0 Å². The van der Waals surface area contributed by atoms with E-state index in [0.29, 0.717) is 4.99 Å². The van der Waals surface area contributed by atoms with E-state index in [1.165, 1.54) is 21.7 Å². The lowest BCUT2D eigenvalue weighted by Gasteiger charge is -2.32. The van der Waals surface area contributed by atoms with Gasteiger partial charge >= 0.3 is 0 Å². The fourth-order valence-electron chi connectivity index (χ4n) is 2.72. The van der Waals surface area contributed by atoms with Gasteiger partial charge in [-0.1, -0.05) is 24.4 Å². The van der Waals surface area contributed by atoms with Gasteiger partial charge in [0.05, 0.1) is 5.69 Å². The molecule has 0 bridgehead atoms. The molecule has 0 aliphatic carbocycles. The largest absolute Gasteiger partial charge is 0.389 e. The molecule has 1 aromatic heterocycles. The molecule has 2 N–H and O–H groups in total. The molecule has 19 heavy (non-hydrogen) atoms. The Balaban J connectivity index is 2.02. The summed E-state index contributed by atoms with van der Waals surface area (Å²) in [7, 11) is 0. The first kappa shape index (κ1) is 12.6. The number of benzene rings is 1. The van der Waals surface area contributed by atoms with Crippen molar-refractivity contribution in [2.45, 2.75) is 19.9 Å². The third-order valence-electron chi connectivity index (χ3n) is 3.63. The first-order chi connectivity index (χ1) is 9.16. The first-order valence-electron chi connectivity index (χ1n) is 6.36. The summed E-state index contributed by atoms with van der Waals surface area (Å²) in [5, 5.41) is 2.18. The molecule has 1 aliphatic heterocycles. The predicted octanol–water partition coefficient (Wildman–Crippen LogP) is 3.25. The number of nitrogens with two attached hydrogens (primary N) is 1. The van der Waals surface area contributed by atoms with Crippen LogP contribution < -0.4 is 10.6 Å². The van der Waals surface area contributed by atoms with Gasteiger partial charge in [-0.25, -0.2) is 0 Å². The molecule has 0 radical (unpaired) electrons. The van der Waals surface area contributed by atoms with E-state index in [4.69, 9.17) is 18.0 Å². The normalized spacial score (nSPS) is 14.3. The molecule has 0 saturated carbocycles. The van der Waals surface area contributed by atoms with E-state index in [0.717, 1.165) is 25.1 Å². The van der Waals surface area contributed by atoms with Gasteiger partial charge < -0.3 is 10.6 Å². The van der Waals surface area contributed by atoms with Gasteiger partial charge in [-0.05, 0) is 42.0 Å². The van der Waals surface area contributed by atoms with Gasteiger partial charge in [-0.2, -0.15) is 0 Å². The van der Waals surface area contributed by atoms with E-state index in [2.05, 4.69) is 29.3 Å². The Hall–Kier alpha value is -1.39. The summed E-state index contributed by atoms with van der Waals surface area (Å²) in [6.45, 7) is 4.12. The molecule has 0 saturated heterocycles. The number of hydrogen-bond acceptors (Lipinski definition) is 3. The second-order valence-electron chi connectivity index (χ2n) is 4.88. The molecule has 0 amide bonds. The van der Waals surface area contributed by atoms with Gasteiger partial charge in [-0.15, -0.1) is 11.3 Å². The van der Waals surface area contributed by atoms with Crippen LogP contribution in [0.5, 0.6) is 0 Å². The number of aryl methyl sites for hydroxylation is 1. The van der Waals surface area contributed by atoms with Crippen molar-refractivity contribution in [1.29, 1.82) is 0 Å². The molecule has 0 fully saturated rings. The van der Waals surface area contributed by atoms with Crippen molar-refractivity contribution in [2.75, 3.05) is 11.4 Å². The summed E-state index contributed by atoms with van der Waals surface area (Å²) in [6, 6.07) is 8.40. The number of nitrogens with zero attached hydrogens (tertiary/aromatic N) is 1. The Kier molecular flexibility index (Phi) is 3.29. The summed E-state index contributed by atoms with van der Waals surface area (Å²) in [5.74, 6) is 0. The Bertz CT molecular complexity index is 631. The molecule has 98 valence electrons. The van der Waals surface area contributed by atoms with Crippen molar-refractivity contribution in [3.05, 3.63) is 51.2 Å². The molecule has 3 rings (SSSR count). The topological polar surface area (TPSA) is 29.3 Å². The van der Waals surface area contributed by atoms with Gasteiger partial charge in [0.15, 0.2) is 0 Å². The Labute approximate surface area is 122 Å². The maximum absolute atomic E-state index is 5.87. The van der Waals surface area contributed by atoms with E-state index in [9.17, 15) is 0 Å². The molecule has 0 spiro atoms. The van der Waals surface area contributed by atoms with Crippen molar-refractivity contribution in [2.24, 2.45) is 5.73 Å². The molecular formula is C15H16N2S2. The van der Waals surface area contributed by atoms with Crippen LogP contribution in [0.1, 0.15) is 21.6 Å². The van der Waals surface area contributed by atoms with Crippen LogP contribution in [0.15, 0.2) is 29.6 Å². The second-order valence-corrected chi connectivity index (χ2v) is 6.32. The van der Waals surface area contributed by atoms with Crippen LogP contribution in [0.3, 0.4) is 0 Å². The first-order valence-corrected chi connectivity index (χ1v) is 7.65. The number of anilines is 1. The number of thiophene rings is 1. The lowest BCUT2D eigenvalue weighted by Crippen LogP contribution is -2.32. The molecule has 1 aromatic carbocycles. The van der Waals surface area contributed by atoms with Gasteiger partial charge in [0.2, 0.25) is 0 Å². The minimum atomic E-state index is 0.481. The molecule has 0 atom stereocenters. The molecule has 2 aromatic rings. The third kappa shape index (κ3) is 2.26. The van der Waals surface area contributed by atoms with E-state index in [-0.39, 0.29) is 0 Å². The van der Waals surface area contributed by atoms with Crippen molar-refractivity contribution in [1.82, 2.24) is 0 Å². The lowest BCUT2D eigenvalue weighted by atomic mass is 10.0. The molecule has 2 nitrogen and oxygen atoms in total. The summed E-state index contributed by atoms with van der Waals surface area (Å²) in [4.78, 5) is 4.40. The minimum absolute atomic E-state index is 0.481. The highest BCUT2D eigenvalue weighted by Crippen LogP contribution is 2.32. The second kappa shape index (κ2) is 4.94. The van der Waals surface area contributed by atoms with E-state index in [1.54, 1.807) is 0 Å². The van der Waals surface area contributed by atoms with Crippen molar-refractivity contribution >= 4 is 34.2 Å². The zero-order chi connectivity index (χ0) is 13.4. The SMILES string of the molecule is Cc1cccc(C(N)=S)c1N1CCc2sccc2C1. The predicted molar refractivity (Wildman–Crippen MR) is 86.1 cm³/mol. The monoisotopic (exact) mass is 288 g/mol. The van der Waals surface area contributed by atoms with Crippen LogP contribution >= 0.6 is 23.6 Å². The van der Waals surface area contributed by atoms with Crippen LogP contribution in [0.25, 0.3) is 0 Å². The van der Waals surface area contributed by atoms with Crippen molar-refractivity contribution in [3.8, 4) is 0 Å². The maximum Gasteiger partial charge on any atom is 0.106 e. The highest BCUT2D eigenvalue weighted by molar-refractivity contribution is 7.80. The van der Waals surface area contributed by atoms with Gasteiger partial charge in [0.1, 0.15) is 4.99 Å². The summed E-state index contributed by atoms with van der Waals surface area (Å²) < 4.78 is 0. The van der Waals surface area contributed by atoms with Crippen LogP contribution in [0.2, 0.25) is 0 Å². The van der Waals surface area contributed by atoms with Gasteiger partial charge in [0.25, 0.3) is 0 Å². The van der Waals surface area contributed by atoms with Crippen LogP contribution in [0.4, 0.5) is 5.69 Å². The number of hydrogen-bond donors (Lipinski definition) is 1. The molecule has 0 unspecified atom stereocenters. The average molecular weight is 288 g/mol. The number of para-hydroxylation sites is 1. The van der Waals surface area contributed by atoms with Crippen molar-refractivity contribution < 1.29 is 0 Å². The number of fused-ring (bicyclic) bond motifs is 1. The Morgan fingerprint density at radius 1 is 1.37 bits per heavy atom. The average Bonchev–Trinajstić information content (AvgIpc) is 2.85. The van der Waals surface area contributed by atoms with Crippen LogP contribution in [0, 0.1) is 6.92 Å². The molecule has 1 aliphatic rings. The smallest absolute Gasteiger partial charge is 0.106 e. The molecule has 4 heteroatoms. The van der Waals surface area contributed by atoms with Gasteiger partial charge in [-0.3, -0.25) is 0 Å². The highest BCUT2D eigenvalue weighted by Gasteiger charge is 2.21.